The summed E-state index contributed by atoms with van der Waals surface area (Å²) < 4.78 is 27.3. The largest absolute Gasteiger partial charge is 0.327 e. The smallest absolute Gasteiger partial charge is 0.273 e. The van der Waals surface area contributed by atoms with Gasteiger partial charge in [-0.2, -0.15) is 4.31 Å². The summed E-state index contributed by atoms with van der Waals surface area (Å²) in [5.74, 6) is 0.491. The molecule has 3 rings (SSSR count). The van der Waals surface area contributed by atoms with Crippen LogP contribution in [-0.4, -0.2) is 36.8 Å². The maximum atomic E-state index is 12.9. The third-order valence-electron chi connectivity index (χ3n) is 5.19. The summed E-state index contributed by atoms with van der Waals surface area (Å²) in [6.45, 7) is 2.36. The van der Waals surface area contributed by atoms with Gasteiger partial charge in [0.25, 0.3) is 5.69 Å². The molecule has 1 heterocycles. The number of fused-ring (bicyclic) bond motifs is 1. The summed E-state index contributed by atoms with van der Waals surface area (Å²) in [4.78, 5) is 10.5. The molecule has 1 aromatic carbocycles. The predicted octanol–water partition coefficient (Wildman–Crippen LogP) is 1.65. The Balaban J connectivity index is 1.94. The molecule has 7 nitrogen and oxygen atoms in total. The van der Waals surface area contributed by atoms with Crippen molar-refractivity contribution < 1.29 is 13.3 Å². The van der Waals surface area contributed by atoms with E-state index in [9.17, 15) is 18.5 Å². The monoisotopic (exact) mass is 339 g/mol. The van der Waals surface area contributed by atoms with Gasteiger partial charge in [-0.25, -0.2) is 8.42 Å². The molecule has 1 aromatic rings. The second-order valence-corrected chi connectivity index (χ2v) is 8.40. The molecular weight excluding hydrogens is 318 g/mol. The molecule has 0 amide bonds. The first kappa shape index (κ1) is 16.4. The molecule has 2 fully saturated rings. The molecule has 0 spiro atoms. The zero-order valence-electron chi connectivity index (χ0n) is 13.0. The molecule has 1 saturated carbocycles. The van der Waals surface area contributed by atoms with Crippen LogP contribution in [-0.2, 0) is 10.0 Å². The van der Waals surface area contributed by atoms with Crippen LogP contribution in [0.1, 0.15) is 24.8 Å². The minimum atomic E-state index is -3.73. The van der Waals surface area contributed by atoms with E-state index in [1.54, 1.807) is 0 Å². The van der Waals surface area contributed by atoms with Gasteiger partial charge in [-0.15, -0.1) is 0 Å². The predicted molar refractivity (Wildman–Crippen MR) is 85.4 cm³/mol. The molecule has 23 heavy (non-hydrogen) atoms. The van der Waals surface area contributed by atoms with Crippen molar-refractivity contribution in [3.05, 3.63) is 33.9 Å². The molecule has 3 atom stereocenters. The minimum absolute atomic E-state index is 0.0268. The van der Waals surface area contributed by atoms with Crippen LogP contribution in [0.3, 0.4) is 0 Å². The Labute approximate surface area is 135 Å². The van der Waals surface area contributed by atoms with Gasteiger partial charge in [-0.1, -0.05) is 12.5 Å². The lowest BCUT2D eigenvalue weighted by Gasteiger charge is -2.29. The van der Waals surface area contributed by atoms with Crippen molar-refractivity contribution >= 4 is 15.7 Å². The molecule has 0 bridgehead atoms. The van der Waals surface area contributed by atoms with Crippen LogP contribution in [0.15, 0.2) is 23.1 Å². The van der Waals surface area contributed by atoms with Crippen LogP contribution in [0.2, 0.25) is 0 Å². The van der Waals surface area contributed by atoms with Crippen LogP contribution >= 0.6 is 0 Å². The summed E-state index contributed by atoms with van der Waals surface area (Å²) in [5, 5.41) is 11.1. The fraction of sp³-hybridized carbons (Fsp3) is 0.600. The Hall–Kier alpha value is -1.51. The molecule has 126 valence electrons. The molecule has 2 aliphatic rings. The molecule has 0 radical (unpaired) electrons. The van der Waals surface area contributed by atoms with Crippen molar-refractivity contribution in [3.8, 4) is 0 Å². The third-order valence-corrected chi connectivity index (χ3v) is 7.17. The third kappa shape index (κ3) is 2.75. The quantitative estimate of drug-likeness (QED) is 0.665. The van der Waals surface area contributed by atoms with E-state index >= 15 is 0 Å². The second kappa shape index (κ2) is 5.85. The van der Waals surface area contributed by atoms with Crippen molar-refractivity contribution in [2.75, 3.05) is 13.1 Å². The van der Waals surface area contributed by atoms with Gasteiger partial charge in [0.1, 0.15) is 0 Å². The van der Waals surface area contributed by atoms with Gasteiger partial charge >= 0.3 is 0 Å². The van der Waals surface area contributed by atoms with Crippen LogP contribution in [0.5, 0.6) is 0 Å². The van der Waals surface area contributed by atoms with Gasteiger partial charge in [0.15, 0.2) is 0 Å². The van der Waals surface area contributed by atoms with E-state index in [0.29, 0.717) is 19.0 Å². The van der Waals surface area contributed by atoms with Crippen LogP contribution in [0, 0.1) is 28.9 Å². The van der Waals surface area contributed by atoms with Gasteiger partial charge < -0.3 is 5.73 Å². The number of nitro benzene ring substituents is 1. The molecule has 8 heteroatoms. The van der Waals surface area contributed by atoms with E-state index in [0.717, 1.165) is 19.3 Å². The highest BCUT2D eigenvalue weighted by Gasteiger charge is 2.43. The molecule has 0 aromatic heterocycles. The van der Waals surface area contributed by atoms with Crippen molar-refractivity contribution in [2.24, 2.45) is 17.6 Å². The fourth-order valence-corrected chi connectivity index (χ4v) is 5.67. The van der Waals surface area contributed by atoms with Crippen LogP contribution < -0.4 is 5.73 Å². The summed E-state index contributed by atoms with van der Waals surface area (Å²) in [5.41, 5.74) is 6.17. The van der Waals surface area contributed by atoms with Crippen LogP contribution in [0.4, 0.5) is 5.69 Å². The number of hydrogen-bond donors (Lipinski definition) is 1. The van der Waals surface area contributed by atoms with Gasteiger partial charge in [0.2, 0.25) is 10.0 Å². The highest BCUT2D eigenvalue weighted by molar-refractivity contribution is 7.89. The maximum Gasteiger partial charge on any atom is 0.273 e. The van der Waals surface area contributed by atoms with Crippen LogP contribution in [0.25, 0.3) is 0 Å². The Morgan fingerprint density at radius 3 is 2.70 bits per heavy atom. The van der Waals surface area contributed by atoms with E-state index in [4.69, 9.17) is 5.73 Å². The van der Waals surface area contributed by atoms with Crippen molar-refractivity contribution in [1.82, 2.24) is 4.31 Å². The number of nitro groups is 1. The Morgan fingerprint density at radius 2 is 2.04 bits per heavy atom. The van der Waals surface area contributed by atoms with Gasteiger partial charge in [-0.3, -0.25) is 10.1 Å². The standard InChI is InChI=1S/C15H21N3O4S/c1-10-14(18(19)20)6-3-7-15(10)23(21,22)17-8-11-4-2-5-13(16)12(11)9-17/h3,6-7,11-13H,2,4-5,8-9,16H2,1H3. The van der Waals surface area contributed by atoms with E-state index in [1.807, 2.05) is 0 Å². The second-order valence-electron chi connectivity index (χ2n) is 6.50. The lowest BCUT2D eigenvalue weighted by atomic mass is 9.78. The number of hydrogen-bond acceptors (Lipinski definition) is 5. The van der Waals surface area contributed by atoms with E-state index in [2.05, 4.69) is 0 Å². The number of nitrogens with zero attached hydrogens (tertiary/aromatic N) is 2. The van der Waals surface area contributed by atoms with Gasteiger partial charge in [-0.05, 0) is 37.7 Å². The first-order valence-corrected chi connectivity index (χ1v) is 9.26. The minimum Gasteiger partial charge on any atom is -0.327 e. The molecule has 1 saturated heterocycles. The Bertz CT molecular complexity index is 734. The molecule has 1 aliphatic heterocycles. The summed E-state index contributed by atoms with van der Waals surface area (Å²) >= 11 is 0. The Morgan fingerprint density at radius 1 is 1.30 bits per heavy atom. The lowest BCUT2D eigenvalue weighted by Crippen LogP contribution is -2.38. The first-order valence-electron chi connectivity index (χ1n) is 7.82. The average molecular weight is 339 g/mol. The maximum absolute atomic E-state index is 12.9. The summed E-state index contributed by atoms with van der Waals surface area (Å²) in [7, 11) is -3.73. The normalized spacial score (nSPS) is 28.5. The number of benzene rings is 1. The molecule has 3 unspecified atom stereocenters. The number of nitrogens with two attached hydrogens (primary N) is 1. The fourth-order valence-electron chi connectivity index (χ4n) is 3.89. The molecular formula is C15H21N3O4S. The van der Waals surface area contributed by atoms with Gasteiger partial charge in [0.05, 0.1) is 9.82 Å². The SMILES string of the molecule is Cc1c([N+](=O)[O-])cccc1S(=O)(=O)N1CC2CCCC(N)C2C1. The average Bonchev–Trinajstić information content (AvgIpc) is 2.93. The number of rotatable bonds is 3. The lowest BCUT2D eigenvalue weighted by molar-refractivity contribution is -0.385. The topological polar surface area (TPSA) is 107 Å². The highest BCUT2D eigenvalue weighted by Crippen LogP contribution is 2.38. The first-order chi connectivity index (χ1) is 10.8. The molecule has 2 N–H and O–H groups in total. The van der Waals surface area contributed by atoms with Gasteiger partial charge in [0, 0.05) is 30.8 Å². The molecule has 1 aliphatic carbocycles. The van der Waals surface area contributed by atoms with E-state index < -0.39 is 14.9 Å². The Kier molecular flexibility index (Phi) is 4.16. The summed E-state index contributed by atoms with van der Waals surface area (Å²) in [6, 6.07) is 4.24. The van der Waals surface area contributed by atoms with Crippen molar-refractivity contribution in [2.45, 2.75) is 37.1 Å². The van der Waals surface area contributed by atoms with Crippen molar-refractivity contribution in [3.63, 3.8) is 0 Å². The van der Waals surface area contributed by atoms with E-state index in [-0.39, 0.29) is 28.1 Å². The number of sulfonamides is 1. The van der Waals surface area contributed by atoms with Crippen molar-refractivity contribution in [1.29, 1.82) is 0 Å². The summed E-state index contributed by atoms with van der Waals surface area (Å²) in [6.07, 6.45) is 2.97. The zero-order chi connectivity index (χ0) is 16.8. The zero-order valence-corrected chi connectivity index (χ0v) is 13.8. The highest BCUT2D eigenvalue weighted by atomic mass is 32.2. The van der Waals surface area contributed by atoms with E-state index in [1.165, 1.54) is 29.4 Å².